The van der Waals surface area contributed by atoms with Crippen LogP contribution in [0.1, 0.15) is 49.2 Å². The molecule has 1 aromatic heterocycles. The maximum Gasteiger partial charge on any atom is 0.176 e. The van der Waals surface area contributed by atoms with Gasteiger partial charge in [-0.2, -0.15) is 0 Å². The smallest absolute Gasteiger partial charge is 0.176 e. The lowest BCUT2D eigenvalue weighted by atomic mass is 9.67. The summed E-state index contributed by atoms with van der Waals surface area (Å²) >= 11 is 10.8. The maximum atomic E-state index is 12.5. The van der Waals surface area contributed by atoms with Gasteiger partial charge in [0.2, 0.25) is 0 Å². The Morgan fingerprint density at radius 2 is 2.24 bits per heavy atom. The molecule has 0 aromatic carbocycles. The van der Waals surface area contributed by atoms with Gasteiger partial charge in [-0.25, -0.2) is 0 Å². The van der Waals surface area contributed by atoms with E-state index < -0.39 is 0 Å². The van der Waals surface area contributed by atoms with Crippen molar-refractivity contribution >= 4 is 44.7 Å². The molecule has 1 aliphatic rings. The molecule has 0 spiro atoms. The number of hydrogen-bond donors (Lipinski definition) is 0. The molecular formula is C13H16BrClOS. The predicted octanol–water partition coefficient (Wildman–Crippen LogP) is 5.56. The summed E-state index contributed by atoms with van der Waals surface area (Å²) in [4.78, 5) is 13.3. The minimum Gasteiger partial charge on any atom is -0.293 e. The number of thiophene rings is 1. The second-order valence-corrected chi connectivity index (χ2v) is 8.16. The zero-order valence-electron chi connectivity index (χ0n) is 10.1. The van der Waals surface area contributed by atoms with E-state index in [4.69, 9.17) is 11.6 Å². The fourth-order valence-corrected chi connectivity index (χ4v) is 4.32. The van der Waals surface area contributed by atoms with Crippen molar-refractivity contribution in [3.8, 4) is 0 Å². The van der Waals surface area contributed by atoms with Gasteiger partial charge >= 0.3 is 0 Å². The van der Waals surface area contributed by atoms with Gasteiger partial charge in [0.05, 0.1) is 13.7 Å². The molecule has 1 nitrogen and oxygen atoms in total. The first-order valence-corrected chi connectivity index (χ1v) is 7.89. The maximum absolute atomic E-state index is 12.5. The summed E-state index contributed by atoms with van der Waals surface area (Å²) < 4.78 is 0.858. The highest BCUT2D eigenvalue weighted by molar-refractivity contribution is 9.11. The summed E-state index contributed by atoms with van der Waals surface area (Å²) in [6.45, 7) is 4.41. The zero-order valence-corrected chi connectivity index (χ0v) is 13.2. The minimum absolute atomic E-state index is 0.123. The highest BCUT2D eigenvalue weighted by Crippen LogP contribution is 2.44. The van der Waals surface area contributed by atoms with Crippen LogP contribution in [0.4, 0.5) is 0 Å². The molecule has 17 heavy (non-hydrogen) atoms. The molecule has 0 saturated heterocycles. The monoisotopic (exact) mass is 334 g/mol. The third-order valence-electron chi connectivity index (χ3n) is 3.71. The van der Waals surface area contributed by atoms with Crippen molar-refractivity contribution in [1.82, 2.24) is 0 Å². The number of hydrogen-bond acceptors (Lipinski definition) is 2. The summed E-state index contributed by atoms with van der Waals surface area (Å²) in [5, 5.41) is 0.645. The first-order chi connectivity index (χ1) is 7.92. The lowest BCUT2D eigenvalue weighted by Crippen LogP contribution is -2.33. The second kappa shape index (κ2) is 5.02. The molecule has 4 heteroatoms. The summed E-state index contributed by atoms with van der Waals surface area (Å²) in [6, 6.07) is 1.79. The molecule has 1 aromatic rings. The zero-order chi connectivity index (χ0) is 12.6. The van der Waals surface area contributed by atoms with Gasteiger partial charge in [0.25, 0.3) is 0 Å². The van der Waals surface area contributed by atoms with E-state index >= 15 is 0 Å². The van der Waals surface area contributed by atoms with Gasteiger partial charge in [-0.3, -0.25) is 4.79 Å². The van der Waals surface area contributed by atoms with Gasteiger partial charge in [-0.1, -0.05) is 38.3 Å². The van der Waals surface area contributed by atoms with E-state index in [-0.39, 0.29) is 17.1 Å². The second-order valence-electron chi connectivity index (χ2n) is 5.38. The van der Waals surface area contributed by atoms with Crippen molar-refractivity contribution in [3.63, 3.8) is 0 Å². The fourth-order valence-electron chi connectivity index (χ4n) is 2.62. The van der Waals surface area contributed by atoms with Crippen LogP contribution in [0.2, 0.25) is 5.02 Å². The molecule has 2 rings (SSSR count). The molecule has 0 N–H and O–H groups in total. The van der Waals surface area contributed by atoms with Crippen molar-refractivity contribution in [2.45, 2.75) is 39.5 Å². The Morgan fingerprint density at radius 3 is 2.76 bits per heavy atom. The van der Waals surface area contributed by atoms with Crippen LogP contribution in [0.5, 0.6) is 0 Å². The van der Waals surface area contributed by atoms with Gasteiger partial charge in [0, 0.05) is 5.92 Å². The largest absolute Gasteiger partial charge is 0.293 e. The molecule has 1 unspecified atom stereocenters. The lowest BCUT2D eigenvalue weighted by Gasteiger charge is -2.37. The Balaban J connectivity index is 2.24. The molecule has 1 saturated carbocycles. The quantitative estimate of drug-likeness (QED) is 0.646. The molecule has 0 amide bonds. The standard InChI is InChI=1S/C13H16BrClOS/c1-13(2)6-4-3-5-8(13)11(16)10-7-9(15)12(14)17-10/h7-8H,3-6H2,1-2H3. The molecule has 94 valence electrons. The summed E-state index contributed by atoms with van der Waals surface area (Å²) in [5.74, 6) is 0.421. The SMILES string of the molecule is CC1(C)CCCCC1C(=O)c1cc(Cl)c(Br)s1. The molecule has 0 bridgehead atoms. The van der Waals surface area contributed by atoms with Crippen molar-refractivity contribution < 1.29 is 4.79 Å². The predicted molar refractivity (Wildman–Crippen MR) is 77.1 cm³/mol. The summed E-state index contributed by atoms with van der Waals surface area (Å²) in [5.41, 5.74) is 0.123. The molecule has 0 radical (unpaired) electrons. The van der Waals surface area contributed by atoms with E-state index in [0.29, 0.717) is 5.02 Å². The van der Waals surface area contributed by atoms with Crippen LogP contribution in [0, 0.1) is 11.3 Å². The van der Waals surface area contributed by atoms with Gasteiger partial charge < -0.3 is 0 Å². The van der Waals surface area contributed by atoms with Crippen molar-refractivity contribution in [2.24, 2.45) is 11.3 Å². The number of Topliss-reactive ketones (excluding diaryl/α,β-unsaturated/α-hetero) is 1. The molecule has 0 aliphatic heterocycles. The van der Waals surface area contributed by atoms with Crippen LogP contribution >= 0.6 is 38.9 Å². The number of rotatable bonds is 2. The van der Waals surface area contributed by atoms with Gasteiger partial charge in [0.15, 0.2) is 5.78 Å². The lowest BCUT2D eigenvalue weighted by molar-refractivity contribution is 0.0702. The van der Waals surface area contributed by atoms with Gasteiger partial charge in [-0.15, -0.1) is 11.3 Å². The molecule has 1 fully saturated rings. The Hall–Kier alpha value is 0.140. The number of carbonyl (C=O) groups excluding carboxylic acids is 1. The Kier molecular flexibility index (Phi) is 4.01. The third-order valence-corrected chi connectivity index (χ3v) is 6.20. The average Bonchev–Trinajstić information content (AvgIpc) is 2.58. The first-order valence-electron chi connectivity index (χ1n) is 5.91. The Bertz CT molecular complexity index is 419. The minimum atomic E-state index is 0.123. The van der Waals surface area contributed by atoms with Gasteiger partial charge in [-0.05, 0) is 40.3 Å². The van der Waals surface area contributed by atoms with Crippen LogP contribution in [0.15, 0.2) is 9.85 Å². The number of ketones is 1. The highest BCUT2D eigenvalue weighted by atomic mass is 79.9. The van der Waals surface area contributed by atoms with Crippen LogP contribution in [0.3, 0.4) is 0 Å². The van der Waals surface area contributed by atoms with Crippen molar-refractivity contribution in [3.05, 3.63) is 19.8 Å². The van der Waals surface area contributed by atoms with Crippen molar-refractivity contribution in [2.75, 3.05) is 0 Å². The molecule has 1 heterocycles. The van der Waals surface area contributed by atoms with Crippen molar-refractivity contribution in [1.29, 1.82) is 0 Å². The van der Waals surface area contributed by atoms with E-state index in [2.05, 4.69) is 29.8 Å². The molecule has 1 aliphatic carbocycles. The topological polar surface area (TPSA) is 17.1 Å². The first kappa shape index (κ1) is 13.6. The normalized spacial score (nSPS) is 23.6. The van der Waals surface area contributed by atoms with E-state index in [1.54, 1.807) is 6.07 Å². The van der Waals surface area contributed by atoms with E-state index in [9.17, 15) is 4.79 Å². The molecule has 1 atom stereocenters. The Labute approximate surface area is 120 Å². The van der Waals surface area contributed by atoms with E-state index in [1.807, 2.05) is 0 Å². The van der Waals surface area contributed by atoms with E-state index in [0.717, 1.165) is 21.5 Å². The Morgan fingerprint density at radius 1 is 1.53 bits per heavy atom. The number of halogens is 2. The van der Waals surface area contributed by atoms with E-state index in [1.165, 1.54) is 24.2 Å². The highest BCUT2D eigenvalue weighted by Gasteiger charge is 2.38. The van der Waals surface area contributed by atoms with Crippen LogP contribution in [0.25, 0.3) is 0 Å². The fraction of sp³-hybridized carbons (Fsp3) is 0.615. The summed E-state index contributed by atoms with van der Waals surface area (Å²) in [6.07, 6.45) is 4.56. The van der Waals surface area contributed by atoms with Crippen LogP contribution in [-0.2, 0) is 0 Å². The van der Waals surface area contributed by atoms with Gasteiger partial charge in [0.1, 0.15) is 0 Å². The number of carbonyl (C=O) groups is 1. The van der Waals surface area contributed by atoms with Crippen LogP contribution in [-0.4, -0.2) is 5.78 Å². The average molecular weight is 336 g/mol. The third kappa shape index (κ3) is 2.77. The molecular weight excluding hydrogens is 320 g/mol. The summed E-state index contributed by atoms with van der Waals surface area (Å²) in [7, 11) is 0. The van der Waals surface area contributed by atoms with Crippen LogP contribution < -0.4 is 0 Å².